The second-order valence-electron chi connectivity index (χ2n) is 11.8. The molecule has 0 bridgehead atoms. The predicted octanol–water partition coefficient (Wildman–Crippen LogP) is 11.6. The standard InChI is InChI=1S/C38H62O6S6Si2/c1-7-39-51(40-8-2,41-9-3)29-25-33-17-21-35(22-18-33)31-49-37(45)47-27-15-13-14-16-28-48-38(46)50-32-36-23-19-34(20-24-36)26-30-52(42-10-4,43-11-5)44-12-6/h17-24H,7-16,25-32H2,1-6H3. The molecule has 14 heteroatoms. The van der Waals surface area contributed by atoms with E-state index in [4.69, 9.17) is 51.0 Å². The van der Waals surface area contributed by atoms with Gasteiger partial charge in [0.05, 0.1) is 0 Å². The molecule has 0 saturated heterocycles. The second-order valence-corrected chi connectivity index (χ2v) is 23.8. The predicted molar refractivity (Wildman–Crippen MR) is 242 cm³/mol. The van der Waals surface area contributed by atoms with E-state index in [0.717, 1.165) is 55.0 Å². The van der Waals surface area contributed by atoms with Crippen LogP contribution in [0, 0.1) is 0 Å². The maximum Gasteiger partial charge on any atom is 0.501 e. The Morgan fingerprint density at radius 1 is 0.442 bits per heavy atom. The Morgan fingerprint density at radius 3 is 1.02 bits per heavy atom. The van der Waals surface area contributed by atoms with Gasteiger partial charge in [-0.2, -0.15) is 0 Å². The van der Waals surface area contributed by atoms with Crippen molar-refractivity contribution in [2.75, 3.05) is 51.1 Å². The van der Waals surface area contributed by atoms with Crippen molar-refractivity contribution in [1.82, 2.24) is 0 Å². The number of hydrogen-bond donors (Lipinski definition) is 0. The summed E-state index contributed by atoms with van der Waals surface area (Å²) in [5.74, 6) is 3.99. The van der Waals surface area contributed by atoms with Gasteiger partial charge in [-0.3, -0.25) is 0 Å². The van der Waals surface area contributed by atoms with Crippen molar-refractivity contribution in [2.45, 2.75) is 104 Å². The average molecular weight is 863 g/mol. The fourth-order valence-corrected chi connectivity index (χ4v) is 15.0. The molecule has 0 atom stereocenters. The average Bonchev–Trinajstić information content (AvgIpc) is 3.14. The van der Waals surface area contributed by atoms with Crippen LogP contribution in [0.2, 0.25) is 12.1 Å². The van der Waals surface area contributed by atoms with Gasteiger partial charge in [-0.25, -0.2) is 0 Å². The van der Waals surface area contributed by atoms with Crippen LogP contribution in [0.25, 0.3) is 0 Å². The zero-order valence-electron chi connectivity index (χ0n) is 32.2. The summed E-state index contributed by atoms with van der Waals surface area (Å²) in [7, 11) is -5.23. The van der Waals surface area contributed by atoms with Gasteiger partial charge in [0.1, 0.15) is 7.06 Å². The smallest absolute Gasteiger partial charge is 0.374 e. The van der Waals surface area contributed by atoms with Gasteiger partial charge in [-0.05, 0) is 101 Å². The molecule has 0 N–H and O–H groups in total. The molecule has 6 nitrogen and oxygen atoms in total. The quantitative estimate of drug-likeness (QED) is 0.0445. The van der Waals surface area contributed by atoms with Gasteiger partial charge in [0, 0.05) is 63.2 Å². The molecule has 294 valence electrons. The summed E-state index contributed by atoms with van der Waals surface area (Å²) in [5.41, 5.74) is 5.15. The maximum absolute atomic E-state index is 6.00. The number of aryl methyl sites for hydroxylation is 2. The lowest BCUT2D eigenvalue weighted by atomic mass is 10.1. The molecule has 2 rings (SSSR count). The fraction of sp³-hybridized carbons (Fsp3) is 0.632. The minimum atomic E-state index is -2.62. The molecule has 0 amide bonds. The zero-order valence-corrected chi connectivity index (χ0v) is 39.1. The first-order chi connectivity index (χ1) is 25.3. The third-order valence-corrected chi connectivity index (χ3v) is 19.7. The van der Waals surface area contributed by atoms with E-state index in [9.17, 15) is 0 Å². The minimum absolute atomic E-state index is 0.609. The lowest BCUT2D eigenvalue weighted by Crippen LogP contribution is -2.46. The van der Waals surface area contributed by atoms with Crippen molar-refractivity contribution < 1.29 is 26.6 Å². The monoisotopic (exact) mass is 862 g/mol. The molecule has 0 unspecified atom stereocenters. The third-order valence-electron chi connectivity index (χ3n) is 7.86. The molecule has 52 heavy (non-hydrogen) atoms. The molecule has 0 aliphatic rings. The molecule has 0 fully saturated rings. The highest BCUT2D eigenvalue weighted by Gasteiger charge is 2.40. The zero-order chi connectivity index (χ0) is 37.9. The van der Waals surface area contributed by atoms with Crippen LogP contribution in [-0.2, 0) is 50.9 Å². The number of unbranched alkanes of at least 4 members (excludes halogenated alkanes) is 3. The first-order valence-corrected chi connectivity index (χ1v) is 27.5. The Balaban J connectivity index is 1.54. The molecule has 0 aliphatic heterocycles. The summed E-state index contributed by atoms with van der Waals surface area (Å²) < 4.78 is 38.1. The number of thiocarbonyl (C=S) groups is 2. The Bertz CT molecular complexity index is 1110. The Hall–Kier alpha value is 0.214. The summed E-state index contributed by atoms with van der Waals surface area (Å²) in [5, 5.41) is 0. The van der Waals surface area contributed by atoms with Crippen LogP contribution in [-0.4, -0.2) is 75.8 Å². The van der Waals surface area contributed by atoms with Crippen LogP contribution in [0.3, 0.4) is 0 Å². The highest BCUT2D eigenvalue weighted by Crippen LogP contribution is 2.27. The molecule has 0 aliphatic carbocycles. The van der Waals surface area contributed by atoms with Crippen LogP contribution >= 0.6 is 71.5 Å². The fourth-order valence-electron chi connectivity index (χ4n) is 5.44. The van der Waals surface area contributed by atoms with E-state index in [1.165, 1.54) is 47.9 Å². The van der Waals surface area contributed by atoms with E-state index in [2.05, 4.69) is 48.5 Å². The summed E-state index contributed by atoms with van der Waals surface area (Å²) in [4.78, 5) is 0. The molecule has 0 heterocycles. The molecule has 0 radical (unpaired) electrons. The summed E-state index contributed by atoms with van der Waals surface area (Å²) in [6, 6.07) is 19.3. The summed E-state index contributed by atoms with van der Waals surface area (Å²) in [6.07, 6.45) is 6.64. The van der Waals surface area contributed by atoms with Crippen LogP contribution in [0.1, 0.15) is 89.5 Å². The Labute approximate surface area is 345 Å². The molecular weight excluding hydrogens is 801 g/mol. The van der Waals surface area contributed by atoms with E-state index in [1.54, 1.807) is 23.5 Å². The molecular formula is C38H62O6S6Si2. The highest BCUT2D eigenvalue weighted by atomic mass is 32.2. The van der Waals surface area contributed by atoms with E-state index >= 15 is 0 Å². The van der Waals surface area contributed by atoms with Crippen molar-refractivity contribution in [3.63, 3.8) is 0 Å². The van der Waals surface area contributed by atoms with E-state index in [1.807, 2.05) is 65.1 Å². The van der Waals surface area contributed by atoms with Gasteiger partial charge in [0.15, 0.2) is 0 Å². The van der Waals surface area contributed by atoms with Crippen molar-refractivity contribution in [2.24, 2.45) is 0 Å². The lowest BCUT2D eigenvalue weighted by molar-refractivity contribution is 0.0706. The highest BCUT2D eigenvalue weighted by molar-refractivity contribution is 8.47. The topological polar surface area (TPSA) is 55.4 Å². The van der Waals surface area contributed by atoms with E-state index in [-0.39, 0.29) is 0 Å². The van der Waals surface area contributed by atoms with Crippen molar-refractivity contribution in [3.05, 3.63) is 70.8 Å². The lowest BCUT2D eigenvalue weighted by Gasteiger charge is -2.28. The molecule has 0 spiro atoms. The first-order valence-electron chi connectivity index (χ1n) is 18.8. The maximum atomic E-state index is 6.00. The number of benzene rings is 2. The molecule has 2 aromatic carbocycles. The molecule has 2 aromatic rings. The minimum Gasteiger partial charge on any atom is -0.374 e. The first kappa shape index (κ1) is 48.4. The Kier molecular flexibility index (Phi) is 27.4. The van der Waals surface area contributed by atoms with E-state index < -0.39 is 17.6 Å². The van der Waals surface area contributed by atoms with Gasteiger partial charge in [-0.1, -0.05) is 85.8 Å². The van der Waals surface area contributed by atoms with Gasteiger partial charge < -0.3 is 26.6 Å². The number of hydrogen-bond acceptors (Lipinski definition) is 12. The number of rotatable bonds is 29. The largest absolute Gasteiger partial charge is 0.501 e. The van der Waals surface area contributed by atoms with Gasteiger partial charge in [0.2, 0.25) is 0 Å². The number of thioether (sulfide) groups is 4. The van der Waals surface area contributed by atoms with Gasteiger partial charge in [-0.15, -0.1) is 47.0 Å². The normalized spacial score (nSPS) is 12.0. The van der Waals surface area contributed by atoms with Crippen molar-refractivity contribution >= 4 is 96.1 Å². The van der Waals surface area contributed by atoms with E-state index in [0.29, 0.717) is 39.6 Å². The molecule has 0 saturated carbocycles. The van der Waals surface area contributed by atoms with Crippen LogP contribution in [0.5, 0.6) is 0 Å². The second kappa shape index (κ2) is 29.5. The van der Waals surface area contributed by atoms with Crippen LogP contribution in [0.15, 0.2) is 48.5 Å². The third kappa shape index (κ3) is 20.4. The summed E-state index contributed by atoms with van der Waals surface area (Å²) in [6.45, 7) is 15.7. The molecule has 0 aromatic heterocycles. The van der Waals surface area contributed by atoms with Crippen LogP contribution in [0.4, 0.5) is 0 Å². The summed E-state index contributed by atoms with van der Waals surface area (Å²) >= 11 is 18.5. The van der Waals surface area contributed by atoms with Gasteiger partial charge >= 0.3 is 17.6 Å². The Morgan fingerprint density at radius 2 is 0.731 bits per heavy atom. The van der Waals surface area contributed by atoms with Gasteiger partial charge in [0.25, 0.3) is 0 Å². The van der Waals surface area contributed by atoms with Crippen LogP contribution < -0.4 is 0 Å². The van der Waals surface area contributed by atoms with Crippen molar-refractivity contribution in [3.8, 4) is 0 Å². The SMILES string of the molecule is CCO[Si](CCc1ccc(CSC(=S)SCCCCCCSC(=S)SCc2ccc(CC[Si](OCC)(OCC)OCC)cc2)cc1)(OCC)OCC. The van der Waals surface area contributed by atoms with Crippen molar-refractivity contribution in [1.29, 1.82) is 0 Å².